The maximum absolute atomic E-state index is 13.1. The van der Waals surface area contributed by atoms with Crippen LogP contribution in [0.4, 0.5) is 8.78 Å². The summed E-state index contributed by atoms with van der Waals surface area (Å²) in [6.45, 7) is 2.05. The zero-order valence-corrected chi connectivity index (χ0v) is 12.3. The van der Waals surface area contributed by atoms with Crippen LogP contribution in [-0.4, -0.2) is 30.2 Å². The minimum absolute atomic E-state index is 0.488. The molecular weight excluding hydrogens is 296 g/mol. The van der Waals surface area contributed by atoms with Gasteiger partial charge in [-0.15, -0.1) is 0 Å². The Labute approximate surface area is 126 Å². The van der Waals surface area contributed by atoms with Crippen LogP contribution in [0.2, 0.25) is 0 Å². The number of nitrogens with zero attached hydrogens (tertiary/aromatic N) is 2. The lowest BCUT2D eigenvalue weighted by Crippen LogP contribution is -2.18. The number of nitrogens with one attached hydrogen (secondary N) is 1. The van der Waals surface area contributed by atoms with Gasteiger partial charge in [0.15, 0.2) is 16.8 Å². The Bertz CT molecular complexity index is 581. The van der Waals surface area contributed by atoms with Crippen LogP contribution in [-0.2, 0) is 11.3 Å². The minimum atomic E-state index is -0.876. The van der Waals surface area contributed by atoms with Gasteiger partial charge in [0.25, 0.3) is 0 Å². The van der Waals surface area contributed by atoms with Crippen molar-refractivity contribution >= 4 is 11.8 Å². The van der Waals surface area contributed by atoms with E-state index in [0.29, 0.717) is 23.2 Å². The molecule has 1 aromatic heterocycles. The molecule has 112 valence electrons. The Morgan fingerprint density at radius 3 is 2.62 bits per heavy atom. The lowest BCUT2D eigenvalue weighted by molar-refractivity contribution is 0.199. The quantitative estimate of drug-likeness (QED) is 0.629. The van der Waals surface area contributed by atoms with Crippen LogP contribution >= 0.6 is 11.8 Å². The molecule has 0 fully saturated rings. The lowest BCUT2D eigenvalue weighted by atomic mass is 10.3. The van der Waals surface area contributed by atoms with Crippen LogP contribution in [0.25, 0.3) is 0 Å². The van der Waals surface area contributed by atoms with Crippen LogP contribution in [0.15, 0.2) is 40.6 Å². The number of halogens is 2. The molecule has 7 heteroatoms. The highest BCUT2D eigenvalue weighted by Gasteiger charge is 2.06. The van der Waals surface area contributed by atoms with Gasteiger partial charge in [0.2, 0.25) is 0 Å². The number of hydrogen-bond acceptors (Lipinski definition) is 5. The summed E-state index contributed by atoms with van der Waals surface area (Å²) in [7, 11) is 1.65. The van der Waals surface area contributed by atoms with Crippen molar-refractivity contribution in [3.05, 3.63) is 47.8 Å². The average Bonchev–Trinajstić information content (AvgIpc) is 2.49. The molecule has 4 nitrogen and oxygen atoms in total. The van der Waals surface area contributed by atoms with Crippen molar-refractivity contribution in [1.82, 2.24) is 15.3 Å². The van der Waals surface area contributed by atoms with Crippen molar-refractivity contribution in [1.29, 1.82) is 0 Å². The number of benzene rings is 1. The summed E-state index contributed by atoms with van der Waals surface area (Å²) in [5.41, 5.74) is 0.945. The molecule has 21 heavy (non-hydrogen) atoms. The topological polar surface area (TPSA) is 47.0 Å². The largest absolute Gasteiger partial charge is 0.383 e. The van der Waals surface area contributed by atoms with Gasteiger partial charge < -0.3 is 10.1 Å². The van der Waals surface area contributed by atoms with Crippen LogP contribution in [0, 0.1) is 11.6 Å². The molecule has 0 atom stereocenters. The van der Waals surface area contributed by atoms with Crippen LogP contribution in [0.3, 0.4) is 0 Å². The summed E-state index contributed by atoms with van der Waals surface area (Å²) in [6, 6.07) is 3.71. The fraction of sp³-hybridized carbons (Fsp3) is 0.286. The van der Waals surface area contributed by atoms with E-state index >= 15 is 0 Å². The van der Waals surface area contributed by atoms with E-state index in [4.69, 9.17) is 4.74 Å². The normalized spacial score (nSPS) is 10.8. The fourth-order valence-electron chi connectivity index (χ4n) is 1.54. The molecule has 0 saturated heterocycles. The third kappa shape index (κ3) is 5.04. The molecule has 0 saturated carbocycles. The average molecular weight is 311 g/mol. The summed E-state index contributed by atoms with van der Waals surface area (Å²) >= 11 is 1.18. The third-order valence-corrected chi connectivity index (χ3v) is 3.48. The molecule has 0 spiro atoms. The van der Waals surface area contributed by atoms with E-state index in [0.717, 1.165) is 24.2 Å². The van der Waals surface area contributed by atoms with Gasteiger partial charge in [-0.25, -0.2) is 18.7 Å². The van der Waals surface area contributed by atoms with Crippen molar-refractivity contribution in [2.75, 3.05) is 20.3 Å². The van der Waals surface area contributed by atoms with Gasteiger partial charge in [0.1, 0.15) is 0 Å². The van der Waals surface area contributed by atoms with Gasteiger partial charge in [-0.05, 0) is 30.0 Å². The first-order chi connectivity index (χ1) is 10.2. The molecule has 2 rings (SSSR count). The van der Waals surface area contributed by atoms with Gasteiger partial charge >= 0.3 is 0 Å². The molecule has 0 unspecified atom stereocenters. The molecule has 0 aliphatic heterocycles. The van der Waals surface area contributed by atoms with Gasteiger partial charge in [-0.3, -0.25) is 0 Å². The van der Waals surface area contributed by atoms with Crippen LogP contribution in [0.5, 0.6) is 0 Å². The lowest BCUT2D eigenvalue weighted by Gasteiger charge is -2.05. The summed E-state index contributed by atoms with van der Waals surface area (Å²) in [6.07, 6.45) is 3.41. The van der Waals surface area contributed by atoms with Gasteiger partial charge in [-0.2, -0.15) is 0 Å². The molecule has 0 aliphatic carbocycles. The number of methoxy groups -OCH3 is 1. The maximum atomic E-state index is 13.1. The van der Waals surface area contributed by atoms with E-state index in [1.54, 1.807) is 19.5 Å². The highest BCUT2D eigenvalue weighted by Crippen LogP contribution is 2.25. The standard InChI is InChI=1S/C14H15F2N3OS/c1-20-5-4-17-7-10-8-18-14(19-9-10)21-11-2-3-12(15)13(16)6-11/h2-3,6,8-9,17H,4-5,7H2,1H3. The van der Waals surface area contributed by atoms with E-state index in [9.17, 15) is 8.78 Å². The molecule has 1 aromatic carbocycles. The van der Waals surface area contributed by atoms with Crippen molar-refractivity contribution in [2.45, 2.75) is 16.6 Å². The number of aromatic nitrogens is 2. The first-order valence-corrected chi connectivity index (χ1v) is 7.14. The molecule has 0 bridgehead atoms. The summed E-state index contributed by atoms with van der Waals surface area (Å²) in [4.78, 5) is 8.93. The second-order valence-electron chi connectivity index (χ2n) is 4.22. The maximum Gasteiger partial charge on any atom is 0.192 e. The Kier molecular flexibility index (Phi) is 6.04. The summed E-state index contributed by atoms with van der Waals surface area (Å²) in [5, 5.41) is 3.67. The second-order valence-corrected chi connectivity index (χ2v) is 5.26. The van der Waals surface area contributed by atoms with Crippen molar-refractivity contribution < 1.29 is 13.5 Å². The molecule has 1 N–H and O–H groups in total. The fourth-order valence-corrected chi connectivity index (χ4v) is 2.26. The highest BCUT2D eigenvalue weighted by molar-refractivity contribution is 7.99. The van der Waals surface area contributed by atoms with E-state index in [2.05, 4.69) is 15.3 Å². The number of ether oxygens (including phenoxy) is 1. The first kappa shape index (κ1) is 15.8. The zero-order chi connectivity index (χ0) is 15.1. The Morgan fingerprint density at radius 1 is 1.19 bits per heavy atom. The van der Waals surface area contributed by atoms with E-state index in [1.807, 2.05) is 0 Å². The van der Waals surface area contributed by atoms with E-state index in [1.165, 1.54) is 17.8 Å². The Morgan fingerprint density at radius 2 is 1.95 bits per heavy atom. The van der Waals surface area contributed by atoms with Gasteiger partial charge in [0, 0.05) is 43.1 Å². The Hall–Kier alpha value is -1.57. The predicted octanol–water partition coefficient (Wildman–Crippen LogP) is 2.64. The van der Waals surface area contributed by atoms with E-state index in [-0.39, 0.29) is 0 Å². The Balaban J connectivity index is 1.91. The van der Waals surface area contributed by atoms with Crippen molar-refractivity contribution in [2.24, 2.45) is 0 Å². The summed E-state index contributed by atoms with van der Waals surface area (Å²) in [5.74, 6) is -1.74. The second kappa shape index (κ2) is 8.02. The van der Waals surface area contributed by atoms with Gasteiger partial charge in [-0.1, -0.05) is 0 Å². The molecule has 1 heterocycles. The van der Waals surface area contributed by atoms with Crippen LogP contribution in [0.1, 0.15) is 5.56 Å². The van der Waals surface area contributed by atoms with Crippen LogP contribution < -0.4 is 5.32 Å². The monoisotopic (exact) mass is 311 g/mol. The minimum Gasteiger partial charge on any atom is -0.383 e. The highest BCUT2D eigenvalue weighted by atomic mass is 32.2. The third-order valence-electron chi connectivity index (χ3n) is 2.59. The summed E-state index contributed by atoms with van der Waals surface area (Å²) < 4.78 is 30.9. The predicted molar refractivity (Wildman–Crippen MR) is 76.1 cm³/mol. The SMILES string of the molecule is COCCNCc1cnc(Sc2ccc(F)c(F)c2)nc1. The number of hydrogen-bond donors (Lipinski definition) is 1. The number of rotatable bonds is 7. The van der Waals surface area contributed by atoms with E-state index < -0.39 is 11.6 Å². The van der Waals surface area contributed by atoms with Crippen molar-refractivity contribution in [3.8, 4) is 0 Å². The van der Waals surface area contributed by atoms with Gasteiger partial charge in [0.05, 0.1) is 6.61 Å². The first-order valence-electron chi connectivity index (χ1n) is 6.32. The zero-order valence-electron chi connectivity index (χ0n) is 11.5. The smallest absolute Gasteiger partial charge is 0.192 e. The molecule has 0 amide bonds. The molecule has 2 aromatic rings. The molecule has 0 aliphatic rings. The molecule has 0 radical (unpaired) electrons. The molecular formula is C14H15F2N3OS. The van der Waals surface area contributed by atoms with Crippen molar-refractivity contribution in [3.63, 3.8) is 0 Å².